The third kappa shape index (κ3) is 2.92. The number of thiophene rings is 1. The van der Waals surface area contributed by atoms with Gasteiger partial charge in [0.05, 0.1) is 12.6 Å². The summed E-state index contributed by atoms with van der Waals surface area (Å²) in [5.74, 6) is 0.600. The molecule has 2 fully saturated rings. The summed E-state index contributed by atoms with van der Waals surface area (Å²) in [6.45, 7) is 2.63. The number of rotatable bonds is 4. The Morgan fingerprint density at radius 3 is 2.94 bits per heavy atom. The number of likely N-dealkylation sites (tertiary alicyclic amines) is 1. The SMILES string of the molecule is N#CCN1CC(NC2CC2)CC(c2cccs2)C1. The molecule has 96 valence electrons. The van der Waals surface area contributed by atoms with Gasteiger partial charge in [0.1, 0.15) is 0 Å². The number of hydrogen-bond acceptors (Lipinski definition) is 4. The summed E-state index contributed by atoms with van der Waals surface area (Å²) in [4.78, 5) is 3.77. The van der Waals surface area contributed by atoms with Crippen LogP contribution in [0.1, 0.15) is 30.1 Å². The quantitative estimate of drug-likeness (QED) is 0.844. The first-order chi connectivity index (χ1) is 8.85. The van der Waals surface area contributed by atoms with E-state index in [-0.39, 0.29) is 0 Å². The Balaban J connectivity index is 1.67. The summed E-state index contributed by atoms with van der Waals surface area (Å²) in [6, 6.07) is 7.97. The Bertz CT molecular complexity index is 419. The van der Waals surface area contributed by atoms with E-state index in [9.17, 15) is 0 Å². The van der Waals surface area contributed by atoms with Crippen molar-refractivity contribution in [3.63, 3.8) is 0 Å². The van der Waals surface area contributed by atoms with E-state index < -0.39 is 0 Å². The molecule has 2 aliphatic rings. The van der Waals surface area contributed by atoms with Crippen molar-refractivity contribution < 1.29 is 0 Å². The molecule has 18 heavy (non-hydrogen) atoms. The summed E-state index contributed by atoms with van der Waals surface area (Å²) in [7, 11) is 0. The van der Waals surface area contributed by atoms with Gasteiger partial charge in [0, 0.05) is 36.0 Å². The van der Waals surface area contributed by atoms with Gasteiger partial charge in [0.15, 0.2) is 0 Å². The van der Waals surface area contributed by atoms with Crippen LogP contribution in [0.4, 0.5) is 0 Å². The molecular weight excluding hydrogens is 242 g/mol. The minimum absolute atomic E-state index is 0.560. The van der Waals surface area contributed by atoms with E-state index in [1.807, 2.05) is 11.3 Å². The molecule has 3 rings (SSSR count). The van der Waals surface area contributed by atoms with Gasteiger partial charge in [0.25, 0.3) is 0 Å². The van der Waals surface area contributed by atoms with Gasteiger partial charge in [-0.15, -0.1) is 11.3 Å². The van der Waals surface area contributed by atoms with Gasteiger partial charge in [-0.05, 0) is 30.7 Å². The first-order valence-corrected chi connectivity index (χ1v) is 7.62. The Hall–Kier alpha value is -0.890. The maximum atomic E-state index is 8.91. The van der Waals surface area contributed by atoms with E-state index >= 15 is 0 Å². The Morgan fingerprint density at radius 2 is 2.28 bits per heavy atom. The summed E-state index contributed by atoms with van der Waals surface area (Å²) < 4.78 is 0. The average molecular weight is 261 g/mol. The molecule has 1 N–H and O–H groups in total. The third-order valence-corrected chi connectivity index (χ3v) is 4.85. The van der Waals surface area contributed by atoms with Crippen LogP contribution >= 0.6 is 11.3 Å². The van der Waals surface area contributed by atoms with Crippen LogP contribution in [0.25, 0.3) is 0 Å². The van der Waals surface area contributed by atoms with Crippen LogP contribution in [-0.4, -0.2) is 36.6 Å². The van der Waals surface area contributed by atoms with Gasteiger partial charge in [-0.2, -0.15) is 5.26 Å². The van der Waals surface area contributed by atoms with Crippen LogP contribution in [0.3, 0.4) is 0 Å². The van der Waals surface area contributed by atoms with E-state index in [1.165, 1.54) is 24.1 Å². The summed E-state index contributed by atoms with van der Waals surface area (Å²) in [5, 5.41) is 14.8. The van der Waals surface area contributed by atoms with Crippen molar-refractivity contribution >= 4 is 11.3 Å². The summed E-state index contributed by atoms with van der Waals surface area (Å²) >= 11 is 1.85. The third-order valence-electron chi connectivity index (χ3n) is 3.81. The fraction of sp³-hybridized carbons (Fsp3) is 0.643. The van der Waals surface area contributed by atoms with Gasteiger partial charge >= 0.3 is 0 Å². The van der Waals surface area contributed by atoms with Gasteiger partial charge in [-0.25, -0.2) is 0 Å². The van der Waals surface area contributed by atoms with E-state index in [2.05, 4.69) is 33.8 Å². The molecule has 1 aliphatic carbocycles. The second kappa shape index (κ2) is 5.40. The first kappa shape index (κ1) is 12.2. The smallest absolute Gasteiger partial charge is 0.0866 e. The van der Waals surface area contributed by atoms with Gasteiger partial charge < -0.3 is 5.32 Å². The van der Waals surface area contributed by atoms with Crippen molar-refractivity contribution in [2.45, 2.75) is 37.3 Å². The van der Waals surface area contributed by atoms with E-state index in [0.29, 0.717) is 18.5 Å². The van der Waals surface area contributed by atoms with Crippen molar-refractivity contribution in [3.05, 3.63) is 22.4 Å². The molecule has 0 bridgehead atoms. The molecule has 4 heteroatoms. The second-order valence-corrected chi connectivity index (χ2v) is 6.42. The molecule has 1 aliphatic heterocycles. The molecule has 1 saturated heterocycles. The number of nitriles is 1. The lowest BCUT2D eigenvalue weighted by Gasteiger charge is -2.36. The molecule has 2 unspecified atom stereocenters. The van der Waals surface area contributed by atoms with Crippen molar-refractivity contribution in [3.8, 4) is 6.07 Å². The van der Waals surface area contributed by atoms with Crippen LogP contribution in [0, 0.1) is 11.3 Å². The average Bonchev–Trinajstić information content (AvgIpc) is 3.00. The Morgan fingerprint density at radius 1 is 1.39 bits per heavy atom. The largest absolute Gasteiger partial charge is 0.310 e. The number of nitrogens with zero attached hydrogens (tertiary/aromatic N) is 2. The normalized spacial score (nSPS) is 29.1. The van der Waals surface area contributed by atoms with Crippen LogP contribution in [-0.2, 0) is 0 Å². The van der Waals surface area contributed by atoms with E-state index in [1.54, 1.807) is 0 Å². The molecule has 0 amide bonds. The highest BCUT2D eigenvalue weighted by molar-refractivity contribution is 7.10. The molecule has 1 aromatic heterocycles. The maximum Gasteiger partial charge on any atom is 0.0866 e. The fourth-order valence-electron chi connectivity index (χ4n) is 2.85. The van der Waals surface area contributed by atoms with E-state index in [0.717, 1.165) is 19.1 Å². The zero-order valence-corrected chi connectivity index (χ0v) is 11.3. The maximum absolute atomic E-state index is 8.91. The zero-order chi connectivity index (χ0) is 12.4. The molecule has 0 radical (unpaired) electrons. The van der Waals surface area contributed by atoms with Gasteiger partial charge in [-0.3, -0.25) is 4.90 Å². The van der Waals surface area contributed by atoms with Gasteiger partial charge in [0.2, 0.25) is 0 Å². The molecule has 2 atom stereocenters. The fourth-order valence-corrected chi connectivity index (χ4v) is 3.69. The number of piperidine rings is 1. The molecule has 0 spiro atoms. The highest BCUT2D eigenvalue weighted by Gasteiger charge is 2.32. The minimum Gasteiger partial charge on any atom is -0.310 e. The lowest BCUT2D eigenvalue weighted by Crippen LogP contribution is -2.49. The van der Waals surface area contributed by atoms with Crippen molar-refractivity contribution in [2.24, 2.45) is 0 Å². The minimum atomic E-state index is 0.560. The predicted octanol–water partition coefficient (Wildman–Crippen LogP) is 2.18. The zero-order valence-electron chi connectivity index (χ0n) is 10.5. The lowest BCUT2D eigenvalue weighted by molar-refractivity contribution is 0.189. The highest BCUT2D eigenvalue weighted by Crippen LogP contribution is 2.31. The molecule has 0 aromatic carbocycles. The van der Waals surface area contributed by atoms with Gasteiger partial charge in [-0.1, -0.05) is 6.07 Å². The standard InChI is InChI=1S/C14H19N3S/c15-5-6-17-9-11(14-2-1-7-18-14)8-13(10-17)16-12-3-4-12/h1-2,7,11-13,16H,3-4,6,8-10H2. The molecule has 1 aromatic rings. The van der Waals surface area contributed by atoms with Crippen molar-refractivity contribution in [1.29, 1.82) is 5.26 Å². The number of hydrogen-bond donors (Lipinski definition) is 1. The highest BCUT2D eigenvalue weighted by atomic mass is 32.1. The monoisotopic (exact) mass is 261 g/mol. The van der Waals surface area contributed by atoms with Crippen LogP contribution in [0.2, 0.25) is 0 Å². The molecular formula is C14H19N3S. The van der Waals surface area contributed by atoms with Crippen LogP contribution in [0.15, 0.2) is 17.5 Å². The number of nitrogens with one attached hydrogen (secondary N) is 1. The second-order valence-electron chi connectivity index (χ2n) is 5.44. The van der Waals surface area contributed by atoms with Crippen molar-refractivity contribution in [2.75, 3.05) is 19.6 Å². The topological polar surface area (TPSA) is 39.1 Å². The van der Waals surface area contributed by atoms with Crippen LogP contribution in [0.5, 0.6) is 0 Å². The molecule has 1 saturated carbocycles. The lowest BCUT2D eigenvalue weighted by atomic mass is 9.92. The van der Waals surface area contributed by atoms with Crippen molar-refractivity contribution in [1.82, 2.24) is 10.2 Å². The van der Waals surface area contributed by atoms with E-state index in [4.69, 9.17) is 5.26 Å². The Kier molecular flexibility index (Phi) is 3.64. The predicted molar refractivity (Wildman–Crippen MR) is 73.7 cm³/mol. The summed E-state index contributed by atoms with van der Waals surface area (Å²) in [6.07, 6.45) is 3.88. The molecule has 2 heterocycles. The first-order valence-electron chi connectivity index (χ1n) is 6.74. The molecule has 3 nitrogen and oxygen atoms in total. The van der Waals surface area contributed by atoms with Crippen LogP contribution < -0.4 is 5.32 Å². The Labute approximate surface area is 112 Å². The summed E-state index contributed by atoms with van der Waals surface area (Å²) in [5.41, 5.74) is 0.